The van der Waals surface area contributed by atoms with E-state index in [0.717, 1.165) is 39.6 Å². The van der Waals surface area contributed by atoms with Gasteiger partial charge in [-0.2, -0.15) is 0 Å². The number of carbonyl (C=O) groups is 1. The zero-order chi connectivity index (χ0) is 19.5. The summed E-state index contributed by atoms with van der Waals surface area (Å²) in [6.45, 7) is 2.86. The van der Waals surface area contributed by atoms with Gasteiger partial charge in [0.25, 0.3) is 0 Å². The number of nitrogens with one attached hydrogen (secondary N) is 1. The molecule has 1 N–H and O–H groups in total. The van der Waals surface area contributed by atoms with Crippen LogP contribution in [0.2, 0.25) is 0 Å². The van der Waals surface area contributed by atoms with E-state index in [4.69, 9.17) is 4.74 Å². The van der Waals surface area contributed by atoms with Crippen LogP contribution in [-0.4, -0.2) is 39.9 Å². The fraction of sp³-hybridized carbons (Fsp3) is 0.476. The maximum absolute atomic E-state index is 12.3. The number of thioether (sulfide) groups is 1. The Morgan fingerprint density at radius 3 is 2.86 bits per heavy atom. The van der Waals surface area contributed by atoms with E-state index in [-0.39, 0.29) is 5.91 Å². The Hall–Kier alpha value is -2.28. The normalized spacial score (nSPS) is 15.2. The van der Waals surface area contributed by atoms with E-state index in [2.05, 4.69) is 22.4 Å². The number of hydrogen-bond donors (Lipinski definition) is 1. The van der Waals surface area contributed by atoms with Gasteiger partial charge in [-0.3, -0.25) is 9.20 Å². The summed E-state index contributed by atoms with van der Waals surface area (Å²) in [5.74, 6) is 1.82. The SMILES string of the molecule is COc1ccc2c(C)cc3nnc(SCC(=O)NCC4CCCCC4)n3c2c1. The van der Waals surface area contributed by atoms with E-state index < -0.39 is 0 Å². The quantitative estimate of drug-likeness (QED) is 0.636. The second-order valence-electron chi connectivity index (χ2n) is 7.48. The highest BCUT2D eigenvalue weighted by Gasteiger charge is 2.16. The summed E-state index contributed by atoms with van der Waals surface area (Å²) in [4.78, 5) is 12.3. The number of benzene rings is 1. The third kappa shape index (κ3) is 3.94. The first-order valence-corrected chi connectivity index (χ1v) is 10.9. The lowest BCUT2D eigenvalue weighted by atomic mass is 9.89. The second-order valence-corrected chi connectivity index (χ2v) is 8.43. The molecule has 1 fully saturated rings. The van der Waals surface area contributed by atoms with Crippen molar-refractivity contribution in [3.05, 3.63) is 29.8 Å². The topological polar surface area (TPSA) is 68.5 Å². The van der Waals surface area contributed by atoms with Crippen LogP contribution in [0.5, 0.6) is 5.75 Å². The van der Waals surface area contributed by atoms with Crippen LogP contribution in [0.1, 0.15) is 37.7 Å². The van der Waals surface area contributed by atoms with Crippen LogP contribution < -0.4 is 10.1 Å². The number of pyridine rings is 1. The average molecular weight is 399 g/mol. The van der Waals surface area contributed by atoms with E-state index in [0.29, 0.717) is 11.7 Å². The Kier molecular flexibility index (Phi) is 5.71. The second kappa shape index (κ2) is 8.39. The van der Waals surface area contributed by atoms with E-state index in [1.165, 1.54) is 43.9 Å². The molecule has 2 heterocycles. The number of fused-ring (bicyclic) bond motifs is 3. The zero-order valence-corrected chi connectivity index (χ0v) is 17.2. The number of aryl methyl sites for hydroxylation is 1. The molecule has 1 aliphatic carbocycles. The molecule has 6 nitrogen and oxygen atoms in total. The molecule has 1 aromatic carbocycles. The lowest BCUT2D eigenvalue weighted by Gasteiger charge is -2.21. The molecule has 2 aromatic heterocycles. The minimum absolute atomic E-state index is 0.0568. The first-order chi connectivity index (χ1) is 13.7. The summed E-state index contributed by atoms with van der Waals surface area (Å²) in [5, 5.41) is 13.6. The van der Waals surface area contributed by atoms with Crippen molar-refractivity contribution in [2.45, 2.75) is 44.2 Å². The van der Waals surface area contributed by atoms with Crippen LogP contribution in [0.3, 0.4) is 0 Å². The number of nitrogens with zero attached hydrogens (tertiary/aromatic N) is 3. The van der Waals surface area contributed by atoms with Crippen LogP contribution in [-0.2, 0) is 4.79 Å². The van der Waals surface area contributed by atoms with Crippen molar-refractivity contribution in [3.8, 4) is 5.75 Å². The minimum atomic E-state index is 0.0568. The first-order valence-electron chi connectivity index (χ1n) is 9.87. The molecule has 3 aromatic rings. The van der Waals surface area contributed by atoms with Crippen LogP contribution >= 0.6 is 11.8 Å². The lowest BCUT2D eigenvalue weighted by Crippen LogP contribution is -2.31. The standard InChI is InChI=1S/C21H26N4O2S/c1-14-10-19-23-24-21(25(19)18-11-16(27-2)8-9-17(14)18)28-13-20(26)22-12-15-6-4-3-5-7-15/h8-11,15H,3-7,12-13H2,1-2H3,(H,22,26). The van der Waals surface area contributed by atoms with Gasteiger partial charge in [-0.1, -0.05) is 31.0 Å². The van der Waals surface area contributed by atoms with Crippen molar-refractivity contribution >= 4 is 34.2 Å². The number of carbonyl (C=O) groups excluding carboxylic acids is 1. The van der Waals surface area contributed by atoms with Crippen molar-refractivity contribution in [1.29, 1.82) is 0 Å². The number of aromatic nitrogens is 3. The van der Waals surface area contributed by atoms with Gasteiger partial charge in [-0.05, 0) is 49.4 Å². The molecule has 7 heteroatoms. The van der Waals surface area contributed by atoms with Crippen LogP contribution in [0, 0.1) is 12.8 Å². The van der Waals surface area contributed by atoms with Gasteiger partial charge >= 0.3 is 0 Å². The predicted molar refractivity (Wildman–Crippen MR) is 112 cm³/mol. The van der Waals surface area contributed by atoms with Crippen LogP contribution in [0.15, 0.2) is 29.4 Å². The Morgan fingerprint density at radius 2 is 2.07 bits per heavy atom. The van der Waals surface area contributed by atoms with Crippen molar-refractivity contribution < 1.29 is 9.53 Å². The van der Waals surface area contributed by atoms with Gasteiger partial charge in [0.05, 0.1) is 18.4 Å². The van der Waals surface area contributed by atoms with Crippen molar-refractivity contribution in [2.24, 2.45) is 5.92 Å². The molecule has 148 valence electrons. The largest absolute Gasteiger partial charge is 0.497 e. The summed E-state index contributed by atoms with van der Waals surface area (Å²) in [6, 6.07) is 8.02. The smallest absolute Gasteiger partial charge is 0.230 e. The minimum Gasteiger partial charge on any atom is -0.497 e. The van der Waals surface area contributed by atoms with Crippen molar-refractivity contribution in [1.82, 2.24) is 19.9 Å². The van der Waals surface area contributed by atoms with Gasteiger partial charge in [-0.25, -0.2) is 0 Å². The number of amides is 1. The number of rotatable bonds is 6. The molecular weight excluding hydrogens is 372 g/mol. The third-order valence-electron chi connectivity index (χ3n) is 5.52. The summed E-state index contributed by atoms with van der Waals surface area (Å²) in [6.07, 6.45) is 6.37. The van der Waals surface area contributed by atoms with Crippen molar-refractivity contribution in [2.75, 3.05) is 19.4 Å². The van der Waals surface area contributed by atoms with Gasteiger partial charge in [0.1, 0.15) is 5.75 Å². The summed E-state index contributed by atoms with van der Waals surface area (Å²) in [5.41, 5.74) is 2.91. The Morgan fingerprint density at radius 1 is 1.25 bits per heavy atom. The highest BCUT2D eigenvalue weighted by molar-refractivity contribution is 7.99. The molecule has 0 spiro atoms. The lowest BCUT2D eigenvalue weighted by molar-refractivity contribution is -0.118. The Bertz CT molecular complexity index is 995. The molecule has 0 aliphatic heterocycles. The highest BCUT2D eigenvalue weighted by atomic mass is 32.2. The Balaban J connectivity index is 1.50. The van der Waals surface area contributed by atoms with Gasteiger partial charge in [0.15, 0.2) is 10.8 Å². The summed E-state index contributed by atoms with van der Waals surface area (Å²) in [7, 11) is 1.66. The predicted octanol–water partition coefficient (Wildman–Crippen LogP) is 3.99. The molecular formula is C21H26N4O2S. The molecule has 0 atom stereocenters. The number of hydrogen-bond acceptors (Lipinski definition) is 5. The fourth-order valence-corrected chi connectivity index (χ4v) is 4.74. The van der Waals surface area contributed by atoms with E-state index in [9.17, 15) is 4.79 Å². The van der Waals surface area contributed by atoms with Gasteiger partial charge in [-0.15, -0.1) is 10.2 Å². The zero-order valence-electron chi connectivity index (χ0n) is 16.4. The third-order valence-corrected chi connectivity index (χ3v) is 6.45. The molecule has 0 saturated heterocycles. The molecule has 0 bridgehead atoms. The van der Waals surface area contributed by atoms with Crippen LogP contribution in [0.25, 0.3) is 16.6 Å². The number of methoxy groups -OCH3 is 1. The average Bonchev–Trinajstić information content (AvgIpc) is 3.14. The van der Waals surface area contributed by atoms with Gasteiger partial charge in [0, 0.05) is 18.0 Å². The molecule has 4 rings (SSSR count). The summed E-state index contributed by atoms with van der Waals surface area (Å²) >= 11 is 1.42. The Labute approximate surface area is 169 Å². The molecule has 28 heavy (non-hydrogen) atoms. The van der Waals surface area contributed by atoms with E-state index >= 15 is 0 Å². The maximum Gasteiger partial charge on any atom is 0.230 e. The highest BCUT2D eigenvalue weighted by Crippen LogP contribution is 2.28. The molecule has 0 unspecified atom stereocenters. The first kappa shape index (κ1) is 19.1. The molecule has 1 aliphatic rings. The molecule has 1 saturated carbocycles. The van der Waals surface area contributed by atoms with Crippen LogP contribution in [0.4, 0.5) is 0 Å². The van der Waals surface area contributed by atoms with Gasteiger partial charge in [0.2, 0.25) is 5.91 Å². The number of ether oxygens (including phenoxy) is 1. The monoisotopic (exact) mass is 398 g/mol. The van der Waals surface area contributed by atoms with E-state index in [1.807, 2.05) is 28.7 Å². The molecule has 1 amide bonds. The van der Waals surface area contributed by atoms with E-state index in [1.54, 1.807) is 7.11 Å². The summed E-state index contributed by atoms with van der Waals surface area (Å²) < 4.78 is 7.39. The van der Waals surface area contributed by atoms with Gasteiger partial charge < -0.3 is 10.1 Å². The molecule has 0 radical (unpaired) electrons. The fourth-order valence-electron chi connectivity index (χ4n) is 3.95. The van der Waals surface area contributed by atoms with Crippen molar-refractivity contribution in [3.63, 3.8) is 0 Å². The maximum atomic E-state index is 12.3.